The minimum Gasteiger partial charge on any atom is -0.479 e. The number of nitrogens with one attached hydrogen (secondary N) is 1. The highest BCUT2D eigenvalue weighted by Gasteiger charge is 2.17. The highest BCUT2D eigenvalue weighted by Crippen LogP contribution is 2.14. The number of rotatable bonds is 9. The third-order valence-corrected chi connectivity index (χ3v) is 4.84. The van der Waals surface area contributed by atoms with E-state index in [4.69, 9.17) is 9.84 Å². The van der Waals surface area contributed by atoms with Crippen LogP contribution >= 0.6 is 15.9 Å². The Morgan fingerprint density at radius 1 is 1.36 bits per heavy atom. The van der Waals surface area contributed by atoms with E-state index < -0.39 is 22.9 Å². The number of aliphatic carboxylic acids is 1. The van der Waals surface area contributed by atoms with Gasteiger partial charge in [-0.15, -0.1) is 0 Å². The molecule has 0 spiro atoms. The molecule has 22 heavy (non-hydrogen) atoms. The van der Waals surface area contributed by atoms with E-state index in [1.807, 2.05) is 12.1 Å². The predicted octanol–water partition coefficient (Wildman–Crippen LogP) is 1.55. The molecule has 0 aromatic heterocycles. The van der Waals surface area contributed by atoms with Crippen molar-refractivity contribution in [2.24, 2.45) is 0 Å². The molecule has 0 radical (unpaired) electrons. The molecule has 1 amide bonds. The number of hydrogen-bond acceptors (Lipinski definition) is 4. The molecule has 0 saturated heterocycles. The van der Waals surface area contributed by atoms with Crippen LogP contribution in [0.4, 0.5) is 0 Å². The fourth-order valence-electron chi connectivity index (χ4n) is 1.63. The van der Waals surface area contributed by atoms with Crippen LogP contribution in [0.1, 0.15) is 12.8 Å². The number of benzene rings is 1. The van der Waals surface area contributed by atoms with E-state index in [2.05, 4.69) is 21.2 Å². The van der Waals surface area contributed by atoms with Crippen molar-refractivity contribution >= 4 is 38.6 Å². The molecule has 0 aliphatic heterocycles. The first-order valence-electron chi connectivity index (χ1n) is 6.60. The lowest BCUT2D eigenvalue weighted by Crippen LogP contribution is -2.37. The second kappa shape index (κ2) is 9.70. The summed E-state index contributed by atoms with van der Waals surface area (Å²) in [6, 6.07) is 7.18. The number of ether oxygens (including phenoxy) is 1. The van der Waals surface area contributed by atoms with Crippen LogP contribution in [0.15, 0.2) is 33.6 Å². The van der Waals surface area contributed by atoms with Gasteiger partial charge in [-0.1, -0.05) is 15.9 Å². The van der Waals surface area contributed by atoms with Crippen LogP contribution in [0.3, 0.4) is 0 Å². The fourth-order valence-corrected chi connectivity index (χ4v) is 2.98. The summed E-state index contributed by atoms with van der Waals surface area (Å²) in [5, 5.41) is 11.2. The molecule has 0 heterocycles. The molecular weight excluding hydrogens is 374 g/mol. The van der Waals surface area contributed by atoms with Crippen molar-refractivity contribution < 1.29 is 23.6 Å². The lowest BCUT2D eigenvalue weighted by atomic mass is 10.3. The van der Waals surface area contributed by atoms with Crippen LogP contribution in [0.5, 0.6) is 0 Å². The van der Waals surface area contributed by atoms with E-state index in [9.17, 15) is 13.8 Å². The largest absolute Gasteiger partial charge is 0.479 e. The molecule has 2 unspecified atom stereocenters. The first-order chi connectivity index (χ1) is 10.4. The number of carbonyl (C=O) groups is 2. The minimum atomic E-state index is -1.15. The topological polar surface area (TPSA) is 92.7 Å². The lowest BCUT2D eigenvalue weighted by Gasteiger charge is -2.11. The molecule has 0 aliphatic rings. The number of carboxylic acid groups (broad SMARTS) is 1. The van der Waals surface area contributed by atoms with Crippen molar-refractivity contribution in [1.82, 2.24) is 5.32 Å². The predicted molar refractivity (Wildman–Crippen MR) is 86.1 cm³/mol. The van der Waals surface area contributed by atoms with Crippen molar-refractivity contribution in [3.8, 4) is 0 Å². The van der Waals surface area contributed by atoms with Gasteiger partial charge in [0, 0.05) is 28.7 Å². The lowest BCUT2D eigenvalue weighted by molar-refractivity contribution is -0.148. The molecule has 1 aromatic carbocycles. The van der Waals surface area contributed by atoms with E-state index in [0.29, 0.717) is 17.1 Å². The Morgan fingerprint density at radius 3 is 2.55 bits per heavy atom. The molecule has 1 aromatic rings. The number of halogens is 1. The zero-order valence-corrected chi connectivity index (χ0v) is 14.5. The molecule has 0 saturated carbocycles. The highest BCUT2D eigenvalue weighted by atomic mass is 79.9. The van der Waals surface area contributed by atoms with Gasteiger partial charge in [0.05, 0.1) is 17.3 Å². The Kier molecular flexibility index (Phi) is 8.29. The van der Waals surface area contributed by atoms with Gasteiger partial charge < -0.3 is 15.2 Å². The number of methoxy groups -OCH3 is 1. The molecule has 2 atom stereocenters. The number of amides is 1. The Labute approximate surface area is 139 Å². The van der Waals surface area contributed by atoms with Crippen LogP contribution in [-0.4, -0.2) is 46.7 Å². The first-order valence-corrected chi connectivity index (χ1v) is 8.71. The van der Waals surface area contributed by atoms with E-state index >= 15 is 0 Å². The summed E-state index contributed by atoms with van der Waals surface area (Å²) >= 11 is 3.31. The van der Waals surface area contributed by atoms with Crippen molar-refractivity contribution in [3.05, 3.63) is 28.7 Å². The average Bonchev–Trinajstić information content (AvgIpc) is 2.48. The van der Waals surface area contributed by atoms with Crippen molar-refractivity contribution in [2.45, 2.75) is 23.8 Å². The summed E-state index contributed by atoms with van der Waals surface area (Å²) in [7, 11) is 0.121. The second-order valence-corrected chi connectivity index (χ2v) is 6.96. The van der Waals surface area contributed by atoms with Gasteiger partial charge in [-0.25, -0.2) is 4.79 Å². The van der Waals surface area contributed by atoms with E-state index in [1.54, 1.807) is 12.1 Å². The van der Waals surface area contributed by atoms with Gasteiger partial charge in [0.25, 0.3) is 0 Å². The molecule has 6 nitrogen and oxygen atoms in total. The van der Waals surface area contributed by atoms with Crippen molar-refractivity contribution in [3.63, 3.8) is 0 Å². The Hall–Kier alpha value is -1.25. The van der Waals surface area contributed by atoms with Gasteiger partial charge >= 0.3 is 5.97 Å². The third-order valence-electron chi connectivity index (χ3n) is 2.85. The molecule has 0 fully saturated rings. The van der Waals surface area contributed by atoms with Gasteiger partial charge in [0.15, 0.2) is 6.10 Å². The second-order valence-electron chi connectivity index (χ2n) is 4.47. The fraction of sp³-hybridized carbons (Fsp3) is 0.429. The molecule has 2 N–H and O–H groups in total. The first kappa shape index (κ1) is 18.8. The van der Waals surface area contributed by atoms with Gasteiger partial charge in [-0.2, -0.15) is 0 Å². The van der Waals surface area contributed by atoms with E-state index in [-0.39, 0.29) is 18.9 Å². The quantitative estimate of drug-likeness (QED) is 0.665. The summed E-state index contributed by atoms with van der Waals surface area (Å²) in [6.45, 7) is -0.0829. The molecule has 1 rings (SSSR count). The monoisotopic (exact) mass is 391 g/mol. The third kappa shape index (κ3) is 6.67. The maximum atomic E-state index is 12.0. The van der Waals surface area contributed by atoms with Crippen LogP contribution in [0.2, 0.25) is 0 Å². The normalized spacial score (nSPS) is 13.4. The van der Waals surface area contributed by atoms with E-state index in [0.717, 1.165) is 4.47 Å². The summed E-state index contributed by atoms with van der Waals surface area (Å²) in [6.07, 6.45) is -0.404. The van der Waals surface area contributed by atoms with Crippen LogP contribution in [0.25, 0.3) is 0 Å². The molecule has 0 bridgehead atoms. The number of carboxylic acids is 1. The van der Waals surface area contributed by atoms with Gasteiger partial charge in [-0.3, -0.25) is 9.00 Å². The maximum Gasteiger partial charge on any atom is 0.334 e. The van der Waals surface area contributed by atoms with Crippen LogP contribution in [0, 0.1) is 0 Å². The van der Waals surface area contributed by atoms with E-state index in [1.165, 1.54) is 7.11 Å². The van der Waals surface area contributed by atoms with Crippen LogP contribution < -0.4 is 5.32 Å². The summed E-state index contributed by atoms with van der Waals surface area (Å²) in [4.78, 5) is 23.0. The zero-order chi connectivity index (χ0) is 16.5. The standard InChI is InChI=1S/C14H18BrNO5S/c1-21-12(14(18)19)9-16-13(17)3-2-8-22(20)11-6-4-10(15)5-7-11/h4-7,12H,2-3,8-9H2,1H3,(H,16,17)(H,18,19). The average molecular weight is 392 g/mol. The van der Waals surface area contributed by atoms with Crippen molar-refractivity contribution in [2.75, 3.05) is 19.4 Å². The summed E-state index contributed by atoms with van der Waals surface area (Å²) in [5.41, 5.74) is 0. The van der Waals surface area contributed by atoms with Gasteiger partial charge in [-0.05, 0) is 30.7 Å². The Morgan fingerprint density at radius 2 is 2.00 bits per heavy atom. The summed E-state index contributed by atoms with van der Waals surface area (Å²) in [5.74, 6) is -1.03. The molecule has 0 aliphatic carbocycles. The van der Waals surface area contributed by atoms with Crippen molar-refractivity contribution in [1.29, 1.82) is 0 Å². The Bertz CT molecular complexity index is 535. The number of carbonyl (C=O) groups excluding carboxylic acids is 1. The summed E-state index contributed by atoms with van der Waals surface area (Å²) < 4.78 is 17.6. The highest BCUT2D eigenvalue weighted by molar-refractivity contribution is 9.10. The smallest absolute Gasteiger partial charge is 0.334 e. The zero-order valence-electron chi connectivity index (χ0n) is 12.1. The molecule has 122 valence electrons. The SMILES string of the molecule is COC(CNC(=O)CCCS(=O)c1ccc(Br)cc1)C(=O)O. The minimum absolute atomic E-state index is 0.0829. The number of hydrogen-bond donors (Lipinski definition) is 2. The van der Waals surface area contributed by atoms with Crippen LogP contribution in [-0.2, 0) is 25.1 Å². The Balaban J connectivity index is 2.28. The molecular formula is C14H18BrNO5S. The molecule has 8 heteroatoms. The van der Waals surface area contributed by atoms with Gasteiger partial charge in [0.1, 0.15) is 0 Å². The van der Waals surface area contributed by atoms with Gasteiger partial charge in [0.2, 0.25) is 5.91 Å². The maximum absolute atomic E-state index is 12.0.